The highest BCUT2D eigenvalue weighted by molar-refractivity contribution is 7.71. The van der Waals surface area contributed by atoms with Gasteiger partial charge in [-0.2, -0.15) is 0 Å². The second kappa shape index (κ2) is 7.33. The van der Waals surface area contributed by atoms with Gasteiger partial charge in [-0.15, -0.1) is 0 Å². The zero-order chi connectivity index (χ0) is 16.4. The molecule has 7 heteroatoms. The average molecular weight is 348 g/mol. The summed E-state index contributed by atoms with van der Waals surface area (Å²) < 4.78 is 16.3. The fraction of sp³-hybridized carbons (Fsp3) is 0.588. The van der Waals surface area contributed by atoms with Gasteiger partial charge in [-0.25, -0.2) is 0 Å². The van der Waals surface area contributed by atoms with Crippen LogP contribution in [0.5, 0.6) is 0 Å². The molecule has 2 aliphatic heterocycles. The molecule has 0 unspecified atom stereocenters. The molecule has 0 atom stereocenters. The molecular weight excluding hydrogens is 324 g/mol. The summed E-state index contributed by atoms with van der Waals surface area (Å²) in [6, 6.07) is 8.51. The molecule has 0 amide bonds. The number of fused-ring (bicyclic) bond motifs is 1. The number of hydrogen-bond acceptors (Lipinski definition) is 5. The van der Waals surface area contributed by atoms with Crippen LogP contribution in [-0.4, -0.2) is 71.5 Å². The predicted octanol–water partition coefficient (Wildman–Crippen LogP) is 1.75. The van der Waals surface area contributed by atoms with Crippen molar-refractivity contribution in [2.24, 2.45) is 0 Å². The van der Waals surface area contributed by atoms with Gasteiger partial charge in [0, 0.05) is 26.2 Å². The summed E-state index contributed by atoms with van der Waals surface area (Å²) >= 11 is 5.84. The van der Waals surface area contributed by atoms with Crippen LogP contribution in [0.2, 0.25) is 0 Å². The first-order valence-electron chi connectivity index (χ1n) is 8.61. The number of benzene rings is 1. The van der Waals surface area contributed by atoms with Gasteiger partial charge in [0.25, 0.3) is 0 Å². The van der Waals surface area contributed by atoms with E-state index in [2.05, 4.69) is 43.2 Å². The number of nitrogens with zero attached hydrogens (tertiary/aromatic N) is 4. The molecule has 6 nitrogen and oxygen atoms in total. The first-order chi connectivity index (χ1) is 11.8. The lowest BCUT2D eigenvalue weighted by molar-refractivity contribution is 0.0210. The standard InChI is InChI=1S/C17H24N4O2S/c24-17-20(13-18-5-9-22-10-6-18)15-3-1-2-4-16(15)21(17)14-19-7-11-23-12-8-19/h1-4H,5-14H2. The van der Waals surface area contributed by atoms with Gasteiger partial charge in [0.15, 0.2) is 4.77 Å². The normalized spacial score (nSPS) is 20.7. The summed E-state index contributed by atoms with van der Waals surface area (Å²) in [5, 5.41) is 0. The maximum Gasteiger partial charge on any atom is 0.183 e. The summed E-state index contributed by atoms with van der Waals surface area (Å²) in [6.07, 6.45) is 0. The van der Waals surface area contributed by atoms with Crippen LogP contribution >= 0.6 is 12.2 Å². The van der Waals surface area contributed by atoms with Crippen LogP contribution in [0.4, 0.5) is 0 Å². The Morgan fingerprint density at radius 3 is 1.58 bits per heavy atom. The lowest BCUT2D eigenvalue weighted by Crippen LogP contribution is -2.38. The van der Waals surface area contributed by atoms with Crippen molar-refractivity contribution in [2.75, 3.05) is 52.6 Å². The molecule has 3 heterocycles. The lowest BCUT2D eigenvalue weighted by atomic mass is 10.3. The second-order valence-electron chi connectivity index (χ2n) is 6.37. The Morgan fingerprint density at radius 1 is 0.750 bits per heavy atom. The molecule has 2 aromatic rings. The van der Waals surface area contributed by atoms with Crippen LogP contribution < -0.4 is 0 Å². The van der Waals surface area contributed by atoms with Crippen molar-refractivity contribution >= 4 is 23.3 Å². The van der Waals surface area contributed by atoms with E-state index in [1.54, 1.807) is 0 Å². The van der Waals surface area contributed by atoms with E-state index in [4.69, 9.17) is 21.7 Å². The van der Waals surface area contributed by atoms with E-state index in [-0.39, 0.29) is 0 Å². The topological polar surface area (TPSA) is 34.8 Å². The third kappa shape index (κ3) is 3.27. The molecule has 0 N–H and O–H groups in total. The third-order valence-electron chi connectivity index (χ3n) is 4.82. The first kappa shape index (κ1) is 16.2. The van der Waals surface area contributed by atoms with Crippen molar-refractivity contribution in [3.05, 3.63) is 29.0 Å². The van der Waals surface area contributed by atoms with E-state index >= 15 is 0 Å². The molecule has 1 aromatic heterocycles. The molecule has 0 bridgehead atoms. The minimum Gasteiger partial charge on any atom is -0.379 e. The number of morpholine rings is 2. The molecule has 2 aliphatic rings. The Kier molecular flexibility index (Phi) is 4.96. The number of ether oxygens (including phenoxy) is 2. The molecule has 0 aliphatic carbocycles. The van der Waals surface area contributed by atoms with Crippen molar-refractivity contribution in [1.29, 1.82) is 0 Å². The van der Waals surface area contributed by atoms with Crippen LogP contribution in [0.1, 0.15) is 0 Å². The highest BCUT2D eigenvalue weighted by Gasteiger charge is 2.18. The van der Waals surface area contributed by atoms with E-state index in [0.29, 0.717) is 0 Å². The Morgan fingerprint density at radius 2 is 1.17 bits per heavy atom. The largest absolute Gasteiger partial charge is 0.379 e. The zero-order valence-corrected chi connectivity index (χ0v) is 14.7. The van der Waals surface area contributed by atoms with E-state index < -0.39 is 0 Å². The quantitative estimate of drug-likeness (QED) is 0.787. The van der Waals surface area contributed by atoms with Gasteiger partial charge >= 0.3 is 0 Å². The number of para-hydroxylation sites is 2. The van der Waals surface area contributed by atoms with Crippen molar-refractivity contribution in [3.8, 4) is 0 Å². The summed E-state index contributed by atoms with van der Waals surface area (Å²) in [4.78, 5) is 4.82. The van der Waals surface area contributed by atoms with Crippen LogP contribution in [-0.2, 0) is 22.8 Å². The van der Waals surface area contributed by atoms with Crippen molar-refractivity contribution in [1.82, 2.24) is 18.9 Å². The Hall–Kier alpha value is -1.25. The van der Waals surface area contributed by atoms with Crippen LogP contribution in [0.3, 0.4) is 0 Å². The van der Waals surface area contributed by atoms with Gasteiger partial charge in [0.2, 0.25) is 0 Å². The minimum atomic E-state index is 0.805. The van der Waals surface area contributed by atoms with E-state index in [1.807, 2.05) is 0 Å². The highest BCUT2D eigenvalue weighted by Crippen LogP contribution is 2.20. The van der Waals surface area contributed by atoms with Gasteiger partial charge in [0.1, 0.15) is 0 Å². The highest BCUT2D eigenvalue weighted by atomic mass is 32.1. The van der Waals surface area contributed by atoms with Crippen LogP contribution in [0, 0.1) is 4.77 Å². The van der Waals surface area contributed by atoms with Gasteiger partial charge in [-0.1, -0.05) is 12.1 Å². The monoisotopic (exact) mass is 348 g/mol. The fourth-order valence-electron chi connectivity index (χ4n) is 3.43. The van der Waals surface area contributed by atoms with Crippen molar-refractivity contribution < 1.29 is 9.47 Å². The lowest BCUT2D eigenvalue weighted by Gasteiger charge is -2.27. The molecule has 4 rings (SSSR count). The molecule has 2 fully saturated rings. The SMILES string of the molecule is S=c1n(CN2CCOCC2)c2ccccc2n1CN1CCOCC1. The molecular formula is C17H24N4O2S. The summed E-state index contributed by atoms with van der Waals surface area (Å²) in [5.74, 6) is 0. The fourth-order valence-corrected chi connectivity index (χ4v) is 3.74. The van der Waals surface area contributed by atoms with E-state index in [9.17, 15) is 0 Å². The van der Waals surface area contributed by atoms with Crippen LogP contribution in [0.15, 0.2) is 24.3 Å². The van der Waals surface area contributed by atoms with Crippen molar-refractivity contribution in [2.45, 2.75) is 13.3 Å². The van der Waals surface area contributed by atoms with Gasteiger partial charge in [-0.05, 0) is 24.4 Å². The first-order valence-corrected chi connectivity index (χ1v) is 9.02. The number of aromatic nitrogens is 2. The van der Waals surface area contributed by atoms with Crippen LogP contribution in [0.25, 0.3) is 11.0 Å². The van der Waals surface area contributed by atoms with E-state index in [1.165, 1.54) is 11.0 Å². The molecule has 130 valence electrons. The minimum absolute atomic E-state index is 0.805. The number of hydrogen-bond donors (Lipinski definition) is 0. The molecule has 0 saturated carbocycles. The van der Waals surface area contributed by atoms with Crippen molar-refractivity contribution in [3.63, 3.8) is 0 Å². The molecule has 2 saturated heterocycles. The second-order valence-corrected chi connectivity index (χ2v) is 6.74. The summed E-state index contributed by atoms with van der Waals surface area (Å²) in [5.41, 5.74) is 2.42. The number of rotatable bonds is 4. The Balaban J connectivity index is 1.65. The maximum atomic E-state index is 5.84. The Bertz CT molecular complexity index is 685. The smallest absolute Gasteiger partial charge is 0.183 e. The van der Waals surface area contributed by atoms with Gasteiger partial charge in [0.05, 0.1) is 50.8 Å². The van der Waals surface area contributed by atoms with Gasteiger partial charge in [-0.3, -0.25) is 9.80 Å². The third-order valence-corrected chi connectivity index (χ3v) is 5.26. The zero-order valence-electron chi connectivity index (χ0n) is 13.9. The molecule has 24 heavy (non-hydrogen) atoms. The average Bonchev–Trinajstić information content (AvgIpc) is 2.90. The molecule has 0 radical (unpaired) electrons. The Labute approximate surface area is 147 Å². The molecule has 1 aromatic carbocycles. The van der Waals surface area contributed by atoms with Gasteiger partial charge < -0.3 is 18.6 Å². The summed E-state index contributed by atoms with van der Waals surface area (Å²) in [7, 11) is 0. The van der Waals surface area contributed by atoms with E-state index in [0.717, 1.165) is 70.7 Å². The predicted molar refractivity (Wildman–Crippen MR) is 95.5 cm³/mol. The maximum absolute atomic E-state index is 5.84. The summed E-state index contributed by atoms with van der Waals surface area (Å²) in [6.45, 7) is 8.74. The number of imidazole rings is 1. The molecule has 0 spiro atoms.